The van der Waals surface area contributed by atoms with Crippen molar-refractivity contribution in [2.24, 2.45) is 16.5 Å². The van der Waals surface area contributed by atoms with Gasteiger partial charge in [-0.2, -0.15) is 9.98 Å². The van der Waals surface area contributed by atoms with Crippen LogP contribution in [0.25, 0.3) is 0 Å². The third kappa shape index (κ3) is 3.76. The number of halogens is 1. The van der Waals surface area contributed by atoms with Crippen LogP contribution in [-0.2, 0) is 0 Å². The predicted octanol–water partition coefficient (Wildman–Crippen LogP) is 0.933. The van der Waals surface area contributed by atoms with Gasteiger partial charge in [-0.05, 0) is 12.8 Å². The Morgan fingerprint density at radius 1 is 1.23 bits per heavy atom. The van der Waals surface area contributed by atoms with Crippen LogP contribution in [0.4, 0.5) is 5.82 Å². The van der Waals surface area contributed by atoms with Crippen molar-refractivity contribution in [3.05, 3.63) is 10.8 Å². The van der Waals surface area contributed by atoms with Gasteiger partial charge in [-0.3, -0.25) is 4.79 Å². The first-order chi connectivity index (χ1) is 10.5. The first-order valence-electron chi connectivity index (χ1n) is 7.03. The van der Waals surface area contributed by atoms with Crippen LogP contribution in [0, 0.1) is 0 Å². The average Bonchev–Trinajstić information content (AvgIpc) is 2.75. The largest absolute Gasteiger partial charge is 0.479 e. The molecule has 0 saturated carbocycles. The number of aromatic nitrogens is 2. The van der Waals surface area contributed by atoms with E-state index >= 15 is 0 Å². The van der Waals surface area contributed by atoms with Crippen molar-refractivity contribution >= 4 is 29.3 Å². The van der Waals surface area contributed by atoms with Gasteiger partial charge in [0, 0.05) is 13.1 Å². The van der Waals surface area contributed by atoms with Gasteiger partial charge >= 0.3 is 5.91 Å². The minimum atomic E-state index is -0.742. The number of carbonyl (C=O) groups excluding carboxylic acids is 1. The summed E-state index contributed by atoms with van der Waals surface area (Å²) in [4.78, 5) is 25.8. The van der Waals surface area contributed by atoms with Gasteiger partial charge in [0.25, 0.3) is 0 Å². The van der Waals surface area contributed by atoms with Crippen molar-refractivity contribution in [1.29, 1.82) is 0 Å². The molecule has 8 nitrogen and oxygen atoms in total. The number of anilines is 1. The fourth-order valence-corrected chi connectivity index (χ4v) is 2.57. The summed E-state index contributed by atoms with van der Waals surface area (Å²) in [5.41, 5.74) is 10.3. The van der Waals surface area contributed by atoms with Gasteiger partial charge < -0.3 is 21.1 Å². The molecule has 0 unspecified atom stereocenters. The lowest BCUT2D eigenvalue weighted by Gasteiger charge is -2.22. The second-order valence-electron chi connectivity index (χ2n) is 4.94. The maximum absolute atomic E-state index is 11.9. The fraction of sp³-hybridized carbons (Fsp3) is 0.538. The number of carbonyl (C=O) groups is 1. The van der Waals surface area contributed by atoms with Crippen molar-refractivity contribution in [3.63, 3.8) is 0 Å². The van der Waals surface area contributed by atoms with E-state index in [1.807, 2.05) is 0 Å². The van der Waals surface area contributed by atoms with E-state index in [0.717, 1.165) is 25.9 Å². The number of rotatable bonds is 3. The van der Waals surface area contributed by atoms with Gasteiger partial charge in [0.15, 0.2) is 22.6 Å². The van der Waals surface area contributed by atoms with Crippen molar-refractivity contribution in [1.82, 2.24) is 9.97 Å². The van der Waals surface area contributed by atoms with E-state index in [0.29, 0.717) is 5.82 Å². The first-order valence-corrected chi connectivity index (χ1v) is 7.41. The Hall–Kier alpha value is -2.09. The van der Waals surface area contributed by atoms with E-state index in [2.05, 4.69) is 19.9 Å². The van der Waals surface area contributed by atoms with E-state index in [4.69, 9.17) is 27.8 Å². The molecule has 22 heavy (non-hydrogen) atoms. The number of nitrogens with two attached hydrogens (primary N) is 2. The summed E-state index contributed by atoms with van der Waals surface area (Å²) in [6.45, 7) is 1.69. The summed E-state index contributed by atoms with van der Waals surface area (Å²) < 4.78 is 5.14. The van der Waals surface area contributed by atoms with E-state index in [1.165, 1.54) is 20.0 Å². The lowest BCUT2D eigenvalue weighted by molar-refractivity contribution is 0.0994. The third-order valence-corrected chi connectivity index (χ3v) is 3.59. The predicted molar refractivity (Wildman–Crippen MR) is 84.4 cm³/mol. The molecule has 1 aliphatic heterocycles. The molecule has 1 aromatic rings. The minimum Gasteiger partial charge on any atom is -0.479 e. The normalized spacial score (nSPS) is 15.1. The monoisotopic (exact) mass is 326 g/mol. The topological polar surface area (TPSA) is 120 Å². The fourth-order valence-electron chi connectivity index (χ4n) is 2.33. The number of ether oxygens (including phenoxy) is 1. The number of guanidine groups is 1. The van der Waals surface area contributed by atoms with E-state index in [1.54, 1.807) is 0 Å². The molecule has 1 aliphatic rings. The van der Waals surface area contributed by atoms with E-state index in [-0.39, 0.29) is 22.7 Å². The molecule has 2 rings (SSSR count). The SMILES string of the molecule is COc1nc(N2CCCCCC2)c(Cl)nc1C(=O)N=C(N)N. The number of nitrogens with zero attached hydrogens (tertiary/aromatic N) is 4. The standard InChI is InChI=1S/C13H19ClN6O2/c1-22-12-8(11(21)19-13(15)16)17-9(14)10(18-12)20-6-4-2-3-5-7-20/h2-7H2,1H3,(H4,15,16,19,21). The molecule has 0 atom stereocenters. The molecule has 0 bridgehead atoms. The molecule has 4 N–H and O–H groups in total. The van der Waals surface area contributed by atoms with Crippen LogP contribution in [0.1, 0.15) is 36.2 Å². The second kappa shape index (κ2) is 7.26. The number of methoxy groups -OCH3 is 1. The zero-order chi connectivity index (χ0) is 16.1. The van der Waals surface area contributed by atoms with Crippen LogP contribution in [0.3, 0.4) is 0 Å². The highest BCUT2D eigenvalue weighted by Gasteiger charge is 2.23. The lowest BCUT2D eigenvalue weighted by atomic mass is 10.2. The quantitative estimate of drug-likeness (QED) is 0.626. The van der Waals surface area contributed by atoms with Gasteiger partial charge in [-0.25, -0.2) is 4.98 Å². The molecule has 1 fully saturated rings. The molecule has 0 radical (unpaired) electrons. The summed E-state index contributed by atoms with van der Waals surface area (Å²) in [5.74, 6) is -0.532. The van der Waals surface area contributed by atoms with Gasteiger partial charge in [0.05, 0.1) is 7.11 Å². The number of aliphatic imine (C=N–C) groups is 1. The first kappa shape index (κ1) is 16.3. The summed E-state index contributed by atoms with van der Waals surface area (Å²) in [5, 5.41) is 0.136. The Kier molecular flexibility index (Phi) is 5.37. The summed E-state index contributed by atoms with van der Waals surface area (Å²) in [7, 11) is 1.40. The van der Waals surface area contributed by atoms with Gasteiger partial charge in [-0.15, -0.1) is 0 Å². The highest BCUT2D eigenvalue weighted by molar-refractivity contribution is 6.32. The maximum atomic E-state index is 11.9. The van der Waals surface area contributed by atoms with E-state index < -0.39 is 5.91 Å². The third-order valence-electron chi connectivity index (χ3n) is 3.34. The maximum Gasteiger partial charge on any atom is 0.304 e. The minimum absolute atomic E-state index is 0.0543. The number of hydrogen-bond donors (Lipinski definition) is 2. The Morgan fingerprint density at radius 3 is 2.41 bits per heavy atom. The zero-order valence-electron chi connectivity index (χ0n) is 12.4. The molecule has 1 amide bonds. The molecule has 1 aromatic heterocycles. The van der Waals surface area contributed by atoms with Crippen LogP contribution in [0.15, 0.2) is 4.99 Å². The molecule has 0 spiro atoms. The Labute approximate surface area is 133 Å². The summed E-state index contributed by atoms with van der Waals surface area (Å²) >= 11 is 6.19. The molecule has 2 heterocycles. The van der Waals surface area contributed by atoms with Gasteiger partial charge in [0.2, 0.25) is 5.88 Å². The molecule has 120 valence electrons. The second-order valence-corrected chi connectivity index (χ2v) is 5.30. The molecule has 0 aliphatic carbocycles. The smallest absolute Gasteiger partial charge is 0.304 e. The van der Waals surface area contributed by atoms with Crippen molar-refractivity contribution in [2.75, 3.05) is 25.1 Å². The Morgan fingerprint density at radius 2 is 1.86 bits per heavy atom. The Bertz CT molecular complexity index is 580. The van der Waals surface area contributed by atoms with Crippen molar-refractivity contribution in [2.45, 2.75) is 25.7 Å². The van der Waals surface area contributed by atoms with Crippen LogP contribution >= 0.6 is 11.6 Å². The van der Waals surface area contributed by atoms with Crippen molar-refractivity contribution in [3.8, 4) is 5.88 Å². The van der Waals surface area contributed by atoms with Crippen LogP contribution in [-0.4, -0.2) is 42.0 Å². The molecule has 0 aromatic carbocycles. The van der Waals surface area contributed by atoms with Crippen LogP contribution in [0.2, 0.25) is 5.15 Å². The summed E-state index contributed by atoms with van der Waals surface area (Å²) in [6.07, 6.45) is 4.49. The average molecular weight is 327 g/mol. The molecular formula is C13H19ClN6O2. The zero-order valence-corrected chi connectivity index (χ0v) is 13.1. The highest BCUT2D eigenvalue weighted by atomic mass is 35.5. The van der Waals surface area contributed by atoms with Gasteiger partial charge in [0.1, 0.15) is 0 Å². The Balaban J connectivity index is 2.38. The molecule has 1 saturated heterocycles. The summed E-state index contributed by atoms with van der Waals surface area (Å²) in [6, 6.07) is 0. The highest BCUT2D eigenvalue weighted by Crippen LogP contribution is 2.28. The number of amides is 1. The van der Waals surface area contributed by atoms with Crippen LogP contribution in [0.5, 0.6) is 5.88 Å². The van der Waals surface area contributed by atoms with Gasteiger partial charge in [-0.1, -0.05) is 24.4 Å². The number of hydrogen-bond acceptors (Lipinski definition) is 5. The van der Waals surface area contributed by atoms with E-state index in [9.17, 15) is 4.79 Å². The van der Waals surface area contributed by atoms with Crippen LogP contribution < -0.4 is 21.1 Å². The lowest BCUT2D eigenvalue weighted by Crippen LogP contribution is -2.27. The molecular weight excluding hydrogens is 308 g/mol. The molecule has 9 heteroatoms. The van der Waals surface area contributed by atoms with Crippen molar-refractivity contribution < 1.29 is 9.53 Å².